The first-order valence-corrected chi connectivity index (χ1v) is 11.6. The van der Waals surface area contributed by atoms with E-state index in [1.54, 1.807) is 18.3 Å². The van der Waals surface area contributed by atoms with E-state index in [4.69, 9.17) is 5.10 Å². The van der Waals surface area contributed by atoms with Gasteiger partial charge >= 0.3 is 0 Å². The number of halogens is 1. The van der Waals surface area contributed by atoms with Gasteiger partial charge in [-0.05, 0) is 87.7 Å². The van der Waals surface area contributed by atoms with Gasteiger partial charge in [-0.2, -0.15) is 5.10 Å². The fourth-order valence-corrected chi connectivity index (χ4v) is 4.70. The molecule has 0 atom stereocenters. The van der Waals surface area contributed by atoms with E-state index in [1.807, 2.05) is 22.9 Å². The summed E-state index contributed by atoms with van der Waals surface area (Å²) in [5.74, 6) is 1.03. The zero-order valence-electron chi connectivity index (χ0n) is 18.3. The number of hydrogen-bond acceptors (Lipinski definition) is 3. The molecule has 1 fully saturated rings. The van der Waals surface area contributed by atoms with E-state index in [0.29, 0.717) is 5.92 Å². The van der Waals surface area contributed by atoms with Crippen LogP contribution in [0.1, 0.15) is 43.7 Å². The Morgan fingerprint density at radius 3 is 2.56 bits per heavy atom. The van der Waals surface area contributed by atoms with Crippen LogP contribution in [0.2, 0.25) is 0 Å². The smallest absolute Gasteiger partial charge is 0.153 e. The number of piperidine rings is 1. The second kappa shape index (κ2) is 9.61. The summed E-state index contributed by atoms with van der Waals surface area (Å²) in [7, 11) is 0. The Kier molecular flexibility index (Phi) is 6.26. The Balaban J connectivity index is 1.33. The molecule has 0 radical (unpaired) electrons. The molecule has 2 aromatic heterocycles. The van der Waals surface area contributed by atoms with Crippen molar-refractivity contribution in [3.05, 3.63) is 90.0 Å². The molecular formula is C27H29FN4. The van der Waals surface area contributed by atoms with Crippen molar-refractivity contribution in [1.82, 2.24) is 19.7 Å². The molecule has 0 spiro atoms. The SMILES string of the molecule is Fc1ccc(-c2cc(C3CCN(CCC4=CCCC=C4)CC3)n(-c3ccccn3)n2)cc1. The van der Waals surface area contributed by atoms with Crippen molar-refractivity contribution in [2.75, 3.05) is 19.6 Å². The lowest BCUT2D eigenvalue weighted by atomic mass is 9.92. The second-order valence-corrected chi connectivity index (χ2v) is 8.69. The van der Waals surface area contributed by atoms with Gasteiger partial charge in [-0.3, -0.25) is 0 Å². The molecule has 0 saturated carbocycles. The van der Waals surface area contributed by atoms with E-state index in [0.717, 1.165) is 56.0 Å². The lowest BCUT2D eigenvalue weighted by Crippen LogP contribution is -2.34. The molecule has 0 N–H and O–H groups in total. The van der Waals surface area contributed by atoms with Gasteiger partial charge in [0.15, 0.2) is 5.82 Å². The van der Waals surface area contributed by atoms with Crippen LogP contribution in [0.15, 0.2) is 78.5 Å². The van der Waals surface area contributed by atoms with Gasteiger partial charge in [-0.1, -0.05) is 29.9 Å². The molecule has 1 aromatic carbocycles. The van der Waals surface area contributed by atoms with Crippen LogP contribution in [0.3, 0.4) is 0 Å². The van der Waals surface area contributed by atoms with Crippen molar-refractivity contribution in [2.45, 2.75) is 38.0 Å². The van der Waals surface area contributed by atoms with Crippen LogP contribution < -0.4 is 0 Å². The molecule has 3 aromatic rings. The maximum atomic E-state index is 13.4. The third kappa shape index (κ3) is 4.73. The zero-order chi connectivity index (χ0) is 21.8. The highest BCUT2D eigenvalue weighted by Gasteiger charge is 2.25. The predicted octanol–water partition coefficient (Wildman–Crippen LogP) is 5.92. The summed E-state index contributed by atoms with van der Waals surface area (Å²) < 4.78 is 15.4. The average Bonchev–Trinajstić information content (AvgIpc) is 3.30. The Bertz CT molecular complexity index is 1090. The molecule has 5 heteroatoms. The third-order valence-electron chi connectivity index (χ3n) is 6.54. The molecule has 2 aliphatic rings. The van der Waals surface area contributed by atoms with Crippen LogP contribution >= 0.6 is 0 Å². The number of pyridine rings is 1. The van der Waals surface area contributed by atoms with Gasteiger partial charge < -0.3 is 4.90 Å². The monoisotopic (exact) mass is 428 g/mol. The second-order valence-electron chi connectivity index (χ2n) is 8.69. The number of likely N-dealkylation sites (tertiary alicyclic amines) is 1. The first kappa shape index (κ1) is 20.8. The molecule has 0 amide bonds. The summed E-state index contributed by atoms with van der Waals surface area (Å²) in [4.78, 5) is 7.12. The lowest BCUT2D eigenvalue weighted by molar-refractivity contribution is 0.212. The first-order chi connectivity index (χ1) is 15.8. The van der Waals surface area contributed by atoms with E-state index in [-0.39, 0.29) is 5.82 Å². The van der Waals surface area contributed by atoms with E-state index in [2.05, 4.69) is 34.2 Å². The van der Waals surface area contributed by atoms with Crippen molar-refractivity contribution >= 4 is 0 Å². The Morgan fingerprint density at radius 1 is 1.00 bits per heavy atom. The first-order valence-electron chi connectivity index (χ1n) is 11.6. The maximum absolute atomic E-state index is 13.4. The van der Waals surface area contributed by atoms with Gasteiger partial charge in [0.05, 0.1) is 5.69 Å². The number of hydrogen-bond donors (Lipinski definition) is 0. The van der Waals surface area contributed by atoms with Gasteiger partial charge in [-0.15, -0.1) is 0 Å². The average molecular weight is 429 g/mol. The molecule has 4 nitrogen and oxygen atoms in total. The number of nitrogens with zero attached hydrogens (tertiary/aromatic N) is 4. The molecule has 32 heavy (non-hydrogen) atoms. The number of aromatic nitrogens is 3. The lowest BCUT2D eigenvalue weighted by Gasteiger charge is -2.32. The molecule has 164 valence electrons. The van der Waals surface area contributed by atoms with Crippen LogP contribution in [0, 0.1) is 5.82 Å². The van der Waals surface area contributed by atoms with Crippen LogP contribution in [0.5, 0.6) is 0 Å². The van der Waals surface area contributed by atoms with Gasteiger partial charge in [0.25, 0.3) is 0 Å². The Labute approximate surface area is 189 Å². The molecule has 1 saturated heterocycles. The van der Waals surface area contributed by atoms with Crippen LogP contribution in [0.25, 0.3) is 17.1 Å². The van der Waals surface area contributed by atoms with Crippen molar-refractivity contribution < 1.29 is 4.39 Å². The van der Waals surface area contributed by atoms with Crippen molar-refractivity contribution in [3.63, 3.8) is 0 Å². The molecular weight excluding hydrogens is 399 g/mol. The topological polar surface area (TPSA) is 34.0 Å². The number of benzene rings is 1. The van der Waals surface area contributed by atoms with Gasteiger partial charge in [0, 0.05) is 29.9 Å². The predicted molar refractivity (Wildman–Crippen MR) is 126 cm³/mol. The summed E-state index contributed by atoms with van der Waals surface area (Å²) in [6.07, 6.45) is 14.5. The van der Waals surface area contributed by atoms with Gasteiger partial charge in [0.2, 0.25) is 0 Å². The highest BCUT2D eigenvalue weighted by Crippen LogP contribution is 2.32. The highest BCUT2D eigenvalue weighted by molar-refractivity contribution is 5.60. The zero-order valence-corrected chi connectivity index (χ0v) is 18.3. The van der Waals surface area contributed by atoms with Crippen molar-refractivity contribution in [3.8, 4) is 17.1 Å². The summed E-state index contributed by atoms with van der Waals surface area (Å²) in [6, 6.07) is 14.6. The fraction of sp³-hybridized carbons (Fsp3) is 0.333. The molecule has 1 aliphatic heterocycles. The highest BCUT2D eigenvalue weighted by atomic mass is 19.1. The van der Waals surface area contributed by atoms with Crippen LogP contribution in [0.4, 0.5) is 4.39 Å². The molecule has 5 rings (SSSR count). The largest absolute Gasteiger partial charge is 0.303 e. The number of rotatable bonds is 6. The standard InChI is InChI=1S/C27H29FN4/c28-24-11-9-22(10-12-24)25-20-26(32(30-25)27-8-4-5-16-29-27)23-14-18-31(19-15-23)17-13-21-6-2-1-3-7-21/h2,4-12,16,20,23H,1,3,13-15,17-19H2. The summed E-state index contributed by atoms with van der Waals surface area (Å²) in [5, 5.41) is 4.88. The Hall–Kier alpha value is -3.05. The summed E-state index contributed by atoms with van der Waals surface area (Å²) in [6.45, 7) is 3.32. The minimum Gasteiger partial charge on any atom is -0.303 e. The van der Waals surface area contributed by atoms with E-state index >= 15 is 0 Å². The quantitative estimate of drug-likeness (QED) is 0.489. The summed E-state index contributed by atoms with van der Waals surface area (Å²) in [5.41, 5.74) is 4.47. The Morgan fingerprint density at radius 2 is 1.84 bits per heavy atom. The maximum Gasteiger partial charge on any atom is 0.153 e. The van der Waals surface area contributed by atoms with E-state index < -0.39 is 0 Å². The third-order valence-corrected chi connectivity index (χ3v) is 6.54. The van der Waals surface area contributed by atoms with E-state index in [9.17, 15) is 4.39 Å². The van der Waals surface area contributed by atoms with Gasteiger partial charge in [-0.25, -0.2) is 14.1 Å². The molecule has 3 heterocycles. The molecule has 1 aliphatic carbocycles. The van der Waals surface area contributed by atoms with E-state index in [1.165, 1.54) is 36.2 Å². The normalized spacial score (nSPS) is 17.5. The summed E-state index contributed by atoms with van der Waals surface area (Å²) >= 11 is 0. The molecule has 0 bridgehead atoms. The minimum atomic E-state index is -0.231. The van der Waals surface area contributed by atoms with Crippen molar-refractivity contribution in [1.29, 1.82) is 0 Å². The fourth-order valence-electron chi connectivity index (χ4n) is 4.70. The number of allylic oxidation sites excluding steroid dienone is 3. The van der Waals surface area contributed by atoms with Gasteiger partial charge in [0.1, 0.15) is 5.82 Å². The van der Waals surface area contributed by atoms with Crippen LogP contribution in [-0.2, 0) is 0 Å². The molecule has 0 unspecified atom stereocenters. The van der Waals surface area contributed by atoms with Crippen LogP contribution in [-0.4, -0.2) is 39.3 Å². The minimum absolute atomic E-state index is 0.231. The van der Waals surface area contributed by atoms with Crippen molar-refractivity contribution in [2.24, 2.45) is 0 Å².